The predicted octanol–water partition coefficient (Wildman–Crippen LogP) is 2.69. The van der Waals surface area contributed by atoms with Crippen molar-refractivity contribution in [3.63, 3.8) is 0 Å². The van der Waals surface area contributed by atoms with Crippen LogP contribution in [-0.4, -0.2) is 52.6 Å². The number of para-hydroxylation sites is 1. The highest BCUT2D eigenvalue weighted by Crippen LogP contribution is 2.31. The summed E-state index contributed by atoms with van der Waals surface area (Å²) in [6.07, 6.45) is 3.25. The number of ether oxygens (including phenoxy) is 2. The molecule has 0 saturated carbocycles. The standard InChI is InChI=1S/C19H22N4O4S/c1-22(10-14-6-4-8-16(25-2)18(14)26-3)17(24)12-28-19-21-20-13-23(19)11-15-7-5-9-27-15/h4-9,13H,10-12H2,1-3H3. The number of aromatic nitrogens is 3. The van der Waals surface area contributed by atoms with Gasteiger partial charge in [-0.05, 0) is 18.2 Å². The zero-order valence-corrected chi connectivity index (χ0v) is 16.8. The molecule has 8 nitrogen and oxygen atoms in total. The first-order valence-electron chi connectivity index (χ1n) is 8.59. The maximum absolute atomic E-state index is 12.6. The van der Waals surface area contributed by atoms with Gasteiger partial charge in [0.25, 0.3) is 0 Å². The van der Waals surface area contributed by atoms with Crippen LogP contribution in [0, 0.1) is 0 Å². The third-order valence-corrected chi connectivity index (χ3v) is 5.09. The van der Waals surface area contributed by atoms with Gasteiger partial charge >= 0.3 is 0 Å². The molecule has 1 aromatic carbocycles. The van der Waals surface area contributed by atoms with E-state index in [1.165, 1.54) is 11.8 Å². The molecule has 9 heteroatoms. The summed E-state index contributed by atoms with van der Waals surface area (Å²) < 4.78 is 17.9. The largest absolute Gasteiger partial charge is 0.493 e. The van der Waals surface area contributed by atoms with Gasteiger partial charge in [-0.3, -0.25) is 4.79 Å². The van der Waals surface area contributed by atoms with E-state index in [0.717, 1.165) is 11.3 Å². The second-order valence-electron chi connectivity index (χ2n) is 6.01. The average Bonchev–Trinajstić information content (AvgIpc) is 3.38. The van der Waals surface area contributed by atoms with E-state index in [0.29, 0.717) is 29.7 Å². The topological polar surface area (TPSA) is 82.6 Å². The zero-order chi connectivity index (χ0) is 19.9. The third-order valence-electron chi connectivity index (χ3n) is 4.13. The lowest BCUT2D eigenvalue weighted by molar-refractivity contribution is -0.127. The van der Waals surface area contributed by atoms with Crippen molar-refractivity contribution in [2.75, 3.05) is 27.0 Å². The van der Waals surface area contributed by atoms with Crippen LogP contribution in [0.15, 0.2) is 52.5 Å². The highest BCUT2D eigenvalue weighted by atomic mass is 32.2. The lowest BCUT2D eigenvalue weighted by Crippen LogP contribution is -2.28. The minimum Gasteiger partial charge on any atom is -0.493 e. The summed E-state index contributed by atoms with van der Waals surface area (Å²) in [5, 5.41) is 8.68. The Labute approximate surface area is 167 Å². The maximum Gasteiger partial charge on any atom is 0.233 e. The quantitative estimate of drug-likeness (QED) is 0.509. The minimum atomic E-state index is -0.0255. The number of hydrogen-bond acceptors (Lipinski definition) is 7. The van der Waals surface area contributed by atoms with E-state index in [2.05, 4.69) is 10.2 Å². The monoisotopic (exact) mass is 402 g/mol. The Balaban J connectivity index is 1.59. The number of hydrogen-bond donors (Lipinski definition) is 0. The fraction of sp³-hybridized carbons (Fsp3) is 0.316. The van der Waals surface area contributed by atoms with Gasteiger partial charge in [0.1, 0.15) is 12.1 Å². The van der Waals surface area contributed by atoms with Crippen LogP contribution in [0.2, 0.25) is 0 Å². The summed E-state index contributed by atoms with van der Waals surface area (Å²) in [7, 11) is 4.94. The van der Waals surface area contributed by atoms with Crippen LogP contribution in [0.1, 0.15) is 11.3 Å². The third kappa shape index (κ3) is 4.66. The van der Waals surface area contributed by atoms with Crippen molar-refractivity contribution in [2.24, 2.45) is 0 Å². The van der Waals surface area contributed by atoms with Gasteiger partial charge in [-0.2, -0.15) is 0 Å². The average molecular weight is 402 g/mol. The number of thioether (sulfide) groups is 1. The summed E-state index contributed by atoms with van der Waals surface area (Å²) in [6, 6.07) is 9.33. The van der Waals surface area contributed by atoms with E-state index in [1.54, 1.807) is 38.8 Å². The SMILES string of the molecule is COc1cccc(CN(C)C(=O)CSc2nncn2Cc2ccco2)c1OC. The van der Waals surface area contributed by atoms with Crippen molar-refractivity contribution in [1.29, 1.82) is 0 Å². The van der Waals surface area contributed by atoms with E-state index in [1.807, 2.05) is 34.9 Å². The molecule has 2 heterocycles. The van der Waals surface area contributed by atoms with E-state index in [-0.39, 0.29) is 11.7 Å². The Hall–Kier alpha value is -2.94. The van der Waals surface area contributed by atoms with Crippen LogP contribution in [0.25, 0.3) is 0 Å². The van der Waals surface area contributed by atoms with Crippen molar-refractivity contribution in [2.45, 2.75) is 18.2 Å². The number of nitrogens with zero attached hydrogens (tertiary/aromatic N) is 4. The molecule has 1 amide bonds. The molecular formula is C19H22N4O4S. The highest BCUT2D eigenvalue weighted by Gasteiger charge is 2.16. The van der Waals surface area contributed by atoms with Gasteiger partial charge in [0.05, 0.1) is 32.8 Å². The van der Waals surface area contributed by atoms with Crippen molar-refractivity contribution in [3.8, 4) is 11.5 Å². The molecule has 3 rings (SSSR count). The van der Waals surface area contributed by atoms with E-state index >= 15 is 0 Å². The second-order valence-corrected chi connectivity index (χ2v) is 6.95. The number of carbonyl (C=O) groups excluding carboxylic acids is 1. The summed E-state index contributed by atoms with van der Waals surface area (Å²) in [5.41, 5.74) is 0.878. The Morgan fingerprint density at radius 2 is 2.11 bits per heavy atom. The molecule has 0 spiro atoms. The van der Waals surface area contributed by atoms with Gasteiger partial charge in [0.2, 0.25) is 5.91 Å². The Bertz CT molecular complexity index is 911. The van der Waals surface area contributed by atoms with Gasteiger partial charge < -0.3 is 23.4 Å². The normalized spacial score (nSPS) is 10.7. The van der Waals surface area contributed by atoms with Crippen LogP contribution < -0.4 is 9.47 Å². The Morgan fingerprint density at radius 3 is 2.82 bits per heavy atom. The summed E-state index contributed by atoms with van der Waals surface area (Å²) in [6.45, 7) is 0.937. The first-order valence-corrected chi connectivity index (χ1v) is 9.57. The molecule has 2 aromatic heterocycles. The van der Waals surface area contributed by atoms with Gasteiger partial charge in [-0.1, -0.05) is 23.9 Å². The molecule has 3 aromatic rings. The number of furan rings is 1. The zero-order valence-electron chi connectivity index (χ0n) is 16.0. The molecule has 0 radical (unpaired) electrons. The number of rotatable bonds is 9. The Morgan fingerprint density at radius 1 is 1.25 bits per heavy atom. The number of amides is 1. The molecule has 0 unspecified atom stereocenters. The lowest BCUT2D eigenvalue weighted by atomic mass is 10.1. The van der Waals surface area contributed by atoms with Crippen molar-refractivity contribution < 1.29 is 18.7 Å². The van der Waals surface area contributed by atoms with Crippen molar-refractivity contribution >= 4 is 17.7 Å². The molecule has 0 bridgehead atoms. The molecule has 0 N–H and O–H groups in total. The molecule has 28 heavy (non-hydrogen) atoms. The lowest BCUT2D eigenvalue weighted by Gasteiger charge is -2.19. The fourth-order valence-corrected chi connectivity index (χ4v) is 3.55. The van der Waals surface area contributed by atoms with Crippen LogP contribution >= 0.6 is 11.8 Å². The maximum atomic E-state index is 12.6. The first kappa shape index (κ1) is 19.8. The van der Waals surface area contributed by atoms with Crippen LogP contribution in [-0.2, 0) is 17.9 Å². The van der Waals surface area contributed by atoms with E-state index in [4.69, 9.17) is 13.9 Å². The fourth-order valence-electron chi connectivity index (χ4n) is 2.69. The predicted molar refractivity (Wildman–Crippen MR) is 105 cm³/mol. The molecule has 148 valence electrons. The molecule has 0 aliphatic rings. The van der Waals surface area contributed by atoms with Crippen LogP contribution in [0.4, 0.5) is 0 Å². The molecule has 0 saturated heterocycles. The van der Waals surface area contributed by atoms with E-state index < -0.39 is 0 Å². The van der Waals surface area contributed by atoms with Crippen molar-refractivity contribution in [1.82, 2.24) is 19.7 Å². The molecule has 0 fully saturated rings. The molecule has 0 atom stereocenters. The summed E-state index contributed by atoms with van der Waals surface area (Å²) in [5.74, 6) is 2.30. The summed E-state index contributed by atoms with van der Waals surface area (Å²) >= 11 is 1.34. The van der Waals surface area contributed by atoms with Gasteiger partial charge in [0.15, 0.2) is 16.7 Å². The van der Waals surface area contributed by atoms with Crippen LogP contribution in [0.5, 0.6) is 11.5 Å². The molecular weight excluding hydrogens is 380 g/mol. The Kier molecular flexibility index (Phi) is 6.59. The number of carbonyl (C=O) groups is 1. The number of methoxy groups -OCH3 is 2. The number of benzene rings is 1. The van der Waals surface area contributed by atoms with E-state index in [9.17, 15) is 4.79 Å². The first-order chi connectivity index (χ1) is 13.6. The minimum absolute atomic E-state index is 0.0255. The molecule has 0 aliphatic carbocycles. The van der Waals surface area contributed by atoms with Crippen molar-refractivity contribution in [3.05, 3.63) is 54.2 Å². The van der Waals surface area contributed by atoms with Gasteiger partial charge in [-0.15, -0.1) is 10.2 Å². The second kappa shape index (κ2) is 9.32. The highest BCUT2D eigenvalue weighted by molar-refractivity contribution is 7.99. The smallest absolute Gasteiger partial charge is 0.233 e. The summed E-state index contributed by atoms with van der Waals surface area (Å²) in [4.78, 5) is 14.2. The van der Waals surface area contributed by atoms with Crippen LogP contribution in [0.3, 0.4) is 0 Å². The van der Waals surface area contributed by atoms with Gasteiger partial charge in [0, 0.05) is 19.2 Å². The molecule has 0 aliphatic heterocycles. The van der Waals surface area contributed by atoms with Gasteiger partial charge in [-0.25, -0.2) is 0 Å².